The number of phosphoric acid groups is 2. The minimum absolute atomic E-state index is 0.0712. The normalized spacial score (nSPS) is 14.6. The highest BCUT2D eigenvalue weighted by atomic mass is 31.2. The Morgan fingerprint density at radius 2 is 0.560 bits per heavy atom. The van der Waals surface area contributed by atoms with E-state index in [4.69, 9.17) is 37.0 Å². The molecule has 5 unspecified atom stereocenters. The first kappa shape index (κ1) is 95.5. The number of carbonyl (C=O) groups is 4. The van der Waals surface area contributed by atoms with Crippen LogP contribution >= 0.6 is 15.6 Å². The molecule has 17 nitrogen and oxygen atoms in total. The van der Waals surface area contributed by atoms with E-state index in [2.05, 4.69) is 125 Å². The van der Waals surface area contributed by atoms with Crippen LogP contribution in [0.3, 0.4) is 0 Å². The van der Waals surface area contributed by atoms with Crippen molar-refractivity contribution < 1.29 is 80.2 Å². The molecule has 0 fully saturated rings. The second-order valence-corrected chi connectivity index (χ2v) is 28.5. The fraction of sp³-hybridized carbons (Fsp3) is 0.704. The summed E-state index contributed by atoms with van der Waals surface area (Å²) in [6.07, 6.45) is 79.3. The van der Waals surface area contributed by atoms with Gasteiger partial charge in [-0.05, 0) is 116 Å². The molecular formula is C81H138O17P2. The summed E-state index contributed by atoms with van der Waals surface area (Å²) in [4.78, 5) is 72.8. The Balaban J connectivity index is 5.45. The van der Waals surface area contributed by atoms with Crippen LogP contribution in [0.4, 0.5) is 0 Å². The zero-order chi connectivity index (χ0) is 73.2. The van der Waals surface area contributed by atoms with Crippen LogP contribution in [0.2, 0.25) is 0 Å². The molecule has 0 aliphatic carbocycles. The number of aliphatic hydroxyl groups is 1. The molecule has 19 heteroatoms. The summed E-state index contributed by atoms with van der Waals surface area (Å²) >= 11 is 0. The molecule has 0 saturated carbocycles. The van der Waals surface area contributed by atoms with Gasteiger partial charge in [-0.25, -0.2) is 9.13 Å². The molecule has 0 saturated heterocycles. The highest BCUT2D eigenvalue weighted by molar-refractivity contribution is 7.47. The van der Waals surface area contributed by atoms with Crippen molar-refractivity contribution in [2.75, 3.05) is 39.6 Å². The molecule has 574 valence electrons. The molecule has 0 aromatic rings. The van der Waals surface area contributed by atoms with E-state index in [1.807, 2.05) is 18.2 Å². The van der Waals surface area contributed by atoms with E-state index in [9.17, 15) is 43.2 Å². The smallest absolute Gasteiger partial charge is 0.462 e. The van der Waals surface area contributed by atoms with Crippen molar-refractivity contribution in [1.29, 1.82) is 0 Å². The largest absolute Gasteiger partial charge is 0.472 e. The van der Waals surface area contributed by atoms with Gasteiger partial charge in [-0.2, -0.15) is 0 Å². The fourth-order valence-corrected chi connectivity index (χ4v) is 11.7. The van der Waals surface area contributed by atoms with Crippen molar-refractivity contribution in [3.05, 3.63) is 122 Å². The summed E-state index contributed by atoms with van der Waals surface area (Å²) in [5.74, 6) is -2.37. The van der Waals surface area contributed by atoms with Gasteiger partial charge in [0.15, 0.2) is 12.2 Å². The van der Waals surface area contributed by atoms with Gasteiger partial charge in [-0.15, -0.1) is 0 Å². The first-order valence-electron chi connectivity index (χ1n) is 38.8. The monoisotopic (exact) mass is 1440 g/mol. The summed E-state index contributed by atoms with van der Waals surface area (Å²) < 4.78 is 68.4. The van der Waals surface area contributed by atoms with Gasteiger partial charge in [0.05, 0.1) is 32.8 Å². The minimum Gasteiger partial charge on any atom is -0.462 e. The van der Waals surface area contributed by atoms with Crippen molar-refractivity contribution in [3.63, 3.8) is 0 Å². The van der Waals surface area contributed by atoms with Gasteiger partial charge in [0.2, 0.25) is 0 Å². The Labute approximate surface area is 606 Å². The zero-order valence-electron chi connectivity index (χ0n) is 62.6. The quantitative estimate of drug-likeness (QED) is 0.0169. The van der Waals surface area contributed by atoms with Crippen LogP contribution in [0.1, 0.15) is 310 Å². The molecule has 0 amide bonds. The standard InChI is InChI=1S/C81H138O17P2/c1-5-9-13-17-21-25-29-33-37-41-45-49-53-57-61-65-78(83)91-71-76(97-80(85)67-63-59-55-51-47-43-39-35-31-27-23-19-15-11-7-3)73-95-99(87,88)93-69-75(82)70-94-100(89,90)96-74-77(98-81(86)68-64-60-56-52-48-44-40-36-32-28-24-20-16-12-8-4)72-92-79(84)66-62-58-54-50-46-42-38-34-30-26-22-18-14-10-6-2/h9-10,13-14,21-22,25-26,33-35,37-39,45-46,49-50,58,62,75-77,82H,5-8,11-12,15-20,23-24,27-32,36,40-44,47-48,51-57,59-61,63-74H2,1-4H3,(H,87,88)(H,89,90)/b13-9-,14-10-,25-21-,26-22-,37-33-,38-34-,39-35-,49-45-,50-46-,62-58-. The van der Waals surface area contributed by atoms with Gasteiger partial charge < -0.3 is 33.8 Å². The number of phosphoric ester groups is 2. The lowest BCUT2D eigenvalue weighted by Gasteiger charge is -2.21. The number of hydrogen-bond acceptors (Lipinski definition) is 15. The van der Waals surface area contributed by atoms with Crippen molar-refractivity contribution in [2.24, 2.45) is 0 Å². The van der Waals surface area contributed by atoms with Crippen LogP contribution in [0.5, 0.6) is 0 Å². The summed E-state index contributed by atoms with van der Waals surface area (Å²) in [6, 6.07) is 0. The first-order chi connectivity index (χ1) is 48.7. The van der Waals surface area contributed by atoms with Crippen LogP contribution in [0.25, 0.3) is 0 Å². The number of unbranched alkanes of at least 4 members (excludes halogenated alkanes) is 27. The first-order valence-corrected chi connectivity index (χ1v) is 41.8. The Hall–Kier alpha value is -4.54. The summed E-state index contributed by atoms with van der Waals surface area (Å²) in [5, 5.41) is 10.6. The van der Waals surface area contributed by atoms with Crippen molar-refractivity contribution in [1.82, 2.24) is 0 Å². The molecule has 0 spiro atoms. The molecule has 0 radical (unpaired) electrons. The van der Waals surface area contributed by atoms with Crippen LogP contribution in [-0.4, -0.2) is 96.7 Å². The molecule has 0 heterocycles. The topological polar surface area (TPSA) is 237 Å². The van der Waals surface area contributed by atoms with Gasteiger partial charge in [0.1, 0.15) is 19.3 Å². The molecule has 0 aliphatic heterocycles. The summed E-state index contributed by atoms with van der Waals surface area (Å²) in [6.45, 7) is 4.49. The number of allylic oxidation sites excluding steroid dienone is 19. The fourth-order valence-electron chi connectivity index (χ4n) is 10.1. The summed E-state index contributed by atoms with van der Waals surface area (Å²) in [7, 11) is -9.99. The van der Waals surface area contributed by atoms with Crippen molar-refractivity contribution in [2.45, 2.75) is 329 Å². The maximum Gasteiger partial charge on any atom is 0.472 e. The number of aliphatic hydroxyl groups excluding tert-OH is 1. The zero-order valence-corrected chi connectivity index (χ0v) is 64.4. The van der Waals surface area contributed by atoms with E-state index in [1.165, 1.54) is 103 Å². The van der Waals surface area contributed by atoms with Crippen molar-refractivity contribution >= 4 is 39.5 Å². The van der Waals surface area contributed by atoms with E-state index >= 15 is 0 Å². The third-order valence-corrected chi connectivity index (χ3v) is 17.9. The lowest BCUT2D eigenvalue weighted by Crippen LogP contribution is -2.30. The number of rotatable bonds is 72. The minimum atomic E-state index is -5.00. The molecule has 5 atom stereocenters. The Morgan fingerprint density at radius 1 is 0.300 bits per heavy atom. The Bertz CT molecular complexity index is 2370. The van der Waals surface area contributed by atoms with Crippen LogP contribution in [-0.2, 0) is 65.4 Å². The van der Waals surface area contributed by atoms with E-state index in [-0.39, 0.29) is 25.7 Å². The third kappa shape index (κ3) is 71.8. The van der Waals surface area contributed by atoms with Gasteiger partial charge in [-0.1, -0.05) is 290 Å². The van der Waals surface area contributed by atoms with E-state index in [0.717, 1.165) is 128 Å². The Kier molecular flexibility index (Phi) is 69.5. The SMILES string of the molecule is CC/C=C\C/C=C\C/C=C\C/C=C\C/C=C\CC(=O)OCC(COP(=O)(O)OCC(O)COP(=O)(O)OCC(COC(=O)CCCC/C=C\C/C=C\C/C=C\C/C=C\CC)OC(=O)CCCCCCC/C=C\CCCCCCCC)OC(=O)CCCCCCCCCCCCCCCCC. The van der Waals surface area contributed by atoms with Gasteiger partial charge in [0, 0.05) is 19.3 Å². The highest BCUT2D eigenvalue weighted by Gasteiger charge is 2.30. The maximum absolute atomic E-state index is 13.1. The lowest BCUT2D eigenvalue weighted by molar-refractivity contribution is -0.161. The van der Waals surface area contributed by atoms with E-state index < -0.39 is 97.5 Å². The third-order valence-electron chi connectivity index (χ3n) is 16.0. The average molecular weight is 1450 g/mol. The number of ether oxygens (including phenoxy) is 4. The number of hydrogen-bond donors (Lipinski definition) is 3. The van der Waals surface area contributed by atoms with Gasteiger partial charge in [0.25, 0.3) is 0 Å². The van der Waals surface area contributed by atoms with Crippen LogP contribution < -0.4 is 0 Å². The number of carbonyl (C=O) groups excluding carboxylic acids is 4. The van der Waals surface area contributed by atoms with Crippen LogP contribution in [0, 0.1) is 0 Å². The average Bonchev–Trinajstić information content (AvgIpc) is 1.01. The molecule has 100 heavy (non-hydrogen) atoms. The van der Waals surface area contributed by atoms with E-state index in [0.29, 0.717) is 25.7 Å². The maximum atomic E-state index is 13.1. The molecule has 3 N–H and O–H groups in total. The Morgan fingerprint density at radius 3 is 0.920 bits per heavy atom. The molecular weight excluding hydrogens is 1310 g/mol. The highest BCUT2D eigenvalue weighted by Crippen LogP contribution is 2.45. The molecule has 0 aromatic heterocycles. The lowest BCUT2D eigenvalue weighted by atomic mass is 10.0. The van der Waals surface area contributed by atoms with Crippen molar-refractivity contribution in [3.8, 4) is 0 Å². The summed E-state index contributed by atoms with van der Waals surface area (Å²) in [5.41, 5.74) is 0. The van der Waals surface area contributed by atoms with Gasteiger partial charge >= 0.3 is 39.5 Å². The van der Waals surface area contributed by atoms with Gasteiger partial charge in [-0.3, -0.25) is 37.3 Å². The molecule has 0 rings (SSSR count). The molecule has 0 aliphatic rings. The number of esters is 4. The van der Waals surface area contributed by atoms with Crippen LogP contribution in [0.15, 0.2) is 122 Å². The van der Waals surface area contributed by atoms with E-state index in [1.54, 1.807) is 6.08 Å². The predicted molar refractivity (Wildman–Crippen MR) is 408 cm³/mol. The predicted octanol–water partition coefficient (Wildman–Crippen LogP) is 22.3. The second-order valence-electron chi connectivity index (χ2n) is 25.6. The molecule has 0 aromatic carbocycles. The molecule has 0 bridgehead atoms. The second kappa shape index (κ2) is 72.8.